The van der Waals surface area contributed by atoms with E-state index in [9.17, 15) is 9.18 Å². The zero-order valence-electron chi connectivity index (χ0n) is 17.6. The van der Waals surface area contributed by atoms with Crippen LogP contribution < -0.4 is 4.74 Å². The van der Waals surface area contributed by atoms with Crippen LogP contribution in [0.25, 0.3) is 11.3 Å². The lowest BCUT2D eigenvalue weighted by molar-refractivity contribution is -0.139. The molecule has 3 aromatic rings. The molecule has 166 valence electrons. The van der Waals surface area contributed by atoms with E-state index in [1.165, 1.54) is 19.2 Å². The van der Waals surface area contributed by atoms with E-state index in [-0.39, 0.29) is 24.3 Å². The van der Waals surface area contributed by atoms with Crippen LogP contribution in [0.4, 0.5) is 4.39 Å². The molecule has 2 aromatic heterocycles. The maximum atomic E-state index is 13.5. The van der Waals surface area contributed by atoms with Crippen LogP contribution in [0.5, 0.6) is 5.75 Å². The van der Waals surface area contributed by atoms with Crippen LogP contribution in [0.1, 0.15) is 42.9 Å². The second kappa shape index (κ2) is 10.2. The fourth-order valence-corrected chi connectivity index (χ4v) is 4.24. The van der Waals surface area contributed by atoms with E-state index in [2.05, 4.69) is 31.1 Å². The van der Waals surface area contributed by atoms with Crippen molar-refractivity contribution in [1.29, 1.82) is 0 Å². The summed E-state index contributed by atoms with van der Waals surface area (Å²) in [4.78, 5) is 15.7. The highest BCUT2D eigenvalue weighted by molar-refractivity contribution is 9.10. The van der Waals surface area contributed by atoms with Gasteiger partial charge in [-0.1, -0.05) is 0 Å². The summed E-state index contributed by atoms with van der Waals surface area (Å²) in [5.41, 5.74) is 3.24. The molecule has 4 rings (SSSR count). The van der Waals surface area contributed by atoms with E-state index in [0.717, 1.165) is 47.0 Å². The third-order valence-electron chi connectivity index (χ3n) is 5.63. The van der Waals surface area contributed by atoms with Gasteiger partial charge in [0.05, 0.1) is 35.5 Å². The van der Waals surface area contributed by atoms with Gasteiger partial charge in [0.1, 0.15) is 11.6 Å². The third kappa shape index (κ3) is 5.48. The highest BCUT2D eigenvalue weighted by Gasteiger charge is 2.25. The van der Waals surface area contributed by atoms with Crippen molar-refractivity contribution in [2.45, 2.75) is 44.1 Å². The number of carbonyl (C=O) groups excluding carboxylic acids is 1. The number of rotatable bonds is 6. The van der Waals surface area contributed by atoms with Crippen molar-refractivity contribution in [1.82, 2.24) is 15.2 Å². The molecule has 1 saturated carbocycles. The minimum absolute atomic E-state index is 0.0557. The molecule has 0 radical (unpaired) electrons. The monoisotopic (exact) mass is 499 g/mol. The van der Waals surface area contributed by atoms with Crippen LogP contribution >= 0.6 is 15.9 Å². The molecule has 0 aliphatic heterocycles. The molecule has 0 bridgehead atoms. The summed E-state index contributed by atoms with van der Waals surface area (Å²) in [5.74, 6) is 0.241. The molecular weight excluding hydrogens is 477 g/mol. The molecule has 1 aliphatic carbocycles. The Morgan fingerprint density at radius 3 is 2.62 bits per heavy atom. The quantitative estimate of drug-likeness (QED) is 0.430. The molecule has 1 aromatic carbocycles. The maximum absolute atomic E-state index is 13.5. The molecule has 1 fully saturated rings. The molecule has 0 amide bonds. The van der Waals surface area contributed by atoms with Crippen molar-refractivity contribution in [3.63, 3.8) is 0 Å². The number of methoxy groups -OCH3 is 1. The van der Waals surface area contributed by atoms with Crippen molar-refractivity contribution in [2.75, 3.05) is 7.11 Å². The van der Waals surface area contributed by atoms with Crippen LogP contribution in [-0.4, -0.2) is 34.4 Å². The molecule has 0 atom stereocenters. The number of pyridine rings is 1. The number of esters is 1. The van der Waals surface area contributed by atoms with E-state index < -0.39 is 0 Å². The zero-order valence-corrected chi connectivity index (χ0v) is 19.2. The minimum atomic E-state index is -0.310. The zero-order chi connectivity index (χ0) is 22.5. The van der Waals surface area contributed by atoms with Gasteiger partial charge in [-0.05, 0) is 77.5 Å². The number of aromatic nitrogens is 3. The smallest absolute Gasteiger partial charge is 0.310 e. The Kier molecular flexibility index (Phi) is 7.09. The van der Waals surface area contributed by atoms with Crippen molar-refractivity contribution in [3.05, 3.63) is 70.3 Å². The van der Waals surface area contributed by atoms with Crippen molar-refractivity contribution in [3.8, 4) is 17.0 Å². The van der Waals surface area contributed by atoms with Crippen molar-refractivity contribution >= 4 is 21.9 Å². The molecule has 2 heterocycles. The van der Waals surface area contributed by atoms with Crippen molar-refractivity contribution in [2.24, 2.45) is 0 Å². The first-order valence-electron chi connectivity index (χ1n) is 10.5. The molecule has 0 N–H and O–H groups in total. The van der Waals surface area contributed by atoms with Gasteiger partial charge in [-0.25, -0.2) is 4.39 Å². The van der Waals surface area contributed by atoms with Gasteiger partial charge in [0, 0.05) is 29.9 Å². The van der Waals surface area contributed by atoms with E-state index in [1.54, 1.807) is 18.5 Å². The van der Waals surface area contributed by atoms with Crippen LogP contribution in [-0.2, 0) is 16.0 Å². The van der Waals surface area contributed by atoms with Crippen LogP contribution in [0.3, 0.4) is 0 Å². The van der Waals surface area contributed by atoms with Gasteiger partial charge < -0.3 is 9.47 Å². The topological polar surface area (TPSA) is 74.2 Å². The van der Waals surface area contributed by atoms with Gasteiger partial charge >= 0.3 is 5.97 Å². The van der Waals surface area contributed by atoms with Gasteiger partial charge in [0.25, 0.3) is 0 Å². The second-order valence-electron chi connectivity index (χ2n) is 7.84. The summed E-state index contributed by atoms with van der Waals surface area (Å²) in [6, 6.07) is 10.3. The number of halogens is 2. The number of ether oxygens (including phenoxy) is 2. The largest absolute Gasteiger partial charge is 0.489 e. The summed E-state index contributed by atoms with van der Waals surface area (Å²) in [5, 5.41) is 8.84. The predicted octanol–water partition coefficient (Wildman–Crippen LogP) is 5.26. The van der Waals surface area contributed by atoms with Crippen LogP contribution in [0, 0.1) is 5.82 Å². The summed E-state index contributed by atoms with van der Waals surface area (Å²) in [7, 11) is 1.36. The van der Waals surface area contributed by atoms with Gasteiger partial charge in [-0.3, -0.25) is 9.78 Å². The average molecular weight is 500 g/mol. The lowest BCUT2D eigenvalue weighted by Crippen LogP contribution is -2.24. The predicted molar refractivity (Wildman–Crippen MR) is 121 cm³/mol. The van der Waals surface area contributed by atoms with Gasteiger partial charge in [0.15, 0.2) is 0 Å². The lowest BCUT2D eigenvalue weighted by atomic mass is 9.85. The Morgan fingerprint density at radius 2 is 1.91 bits per heavy atom. The number of benzene rings is 1. The first-order valence-corrected chi connectivity index (χ1v) is 11.3. The average Bonchev–Trinajstić information content (AvgIpc) is 2.82. The Hall–Kier alpha value is -2.87. The number of nitrogens with zero attached hydrogens (tertiary/aromatic N) is 3. The number of hydrogen-bond donors (Lipinski definition) is 0. The highest BCUT2D eigenvalue weighted by atomic mass is 79.9. The molecule has 0 spiro atoms. The fraction of sp³-hybridized carbons (Fsp3) is 0.333. The fourth-order valence-electron chi connectivity index (χ4n) is 3.90. The Balaban J connectivity index is 1.37. The normalized spacial score (nSPS) is 18.2. The van der Waals surface area contributed by atoms with Crippen molar-refractivity contribution < 1.29 is 18.7 Å². The summed E-state index contributed by atoms with van der Waals surface area (Å²) < 4.78 is 25.0. The Bertz CT molecular complexity index is 1090. The standard InChI is InChI=1S/C24H23BrFN3O3/c1-31-24(30)11-15-10-17(14-27-13-15)22-9-8-21(28-29-22)16-2-5-19(6-3-16)32-23-12-18(26)4-7-20(23)25/h4,7-10,12-14,16,19H,2-3,5-6,11H2,1H3. The lowest BCUT2D eigenvalue weighted by Gasteiger charge is -2.28. The van der Waals surface area contributed by atoms with Gasteiger partial charge in [-0.15, -0.1) is 0 Å². The first-order chi connectivity index (χ1) is 15.5. The summed E-state index contributed by atoms with van der Waals surface area (Å²) in [6.07, 6.45) is 7.18. The first kappa shape index (κ1) is 22.3. The van der Waals surface area contributed by atoms with Crippen LogP contribution in [0.15, 0.2) is 53.3 Å². The molecule has 32 heavy (non-hydrogen) atoms. The summed E-state index contributed by atoms with van der Waals surface area (Å²) >= 11 is 3.41. The molecule has 0 saturated heterocycles. The van der Waals surface area contributed by atoms with E-state index >= 15 is 0 Å². The second-order valence-corrected chi connectivity index (χ2v) is 8.70. The van der Waals surface area contributed by atoms with E-state index in [4.69, 9.17) is 9.47 Å². The molecule has 8 heteroatoms. The number of hydrogen-bond acceptors (Lipinski definition) is 6. The van der Waals surface area contributed by atoms with E-state index in [0.29, 0.717) is 17.4 Å². The van der Waals surface area contributed by atoms with Gasteiger partial charge in [-0.2, -0.15) is 10.2 Å². The summed E-state index contributed by atoms with van der Waals surface area (Å²) in [6.45, 7) is 0. The minimum Gasteiger partial charge on any atom is -0.489 e. The molecule has 6 nitrogen and oxygen atoms in total. The van der Waals surface area contributed by atoms with Gasteiger partial charge in [0.2, 0.25) is 0 Å². The Labute approximate surface area is 194 Å². The van der Waals surface area contributed by atoms with Crippen LogP contribution in [0.2, 0.25) is 0 Å². The molecule has 0 unspecified atom stereocenters. The molecule has 1 aliphatic rings. The SMILES string of the molecule is COC(=O)Cc1cncc(-c2ccc(C3CCC(Oc4cc(F)ccc4Br)CC3)nn2)c1. The highest BCUT2D eigenvalue weighted by Crippen LogP contribution is 2.35. The maximum Gasteiger partial charge on any atom is 0.310 e. The molecular formula is C24H23BrFN3O3. The van der Waals surface area contributed by atoms with E-state index in [1.807, 2.05) is 18.2 Å². The third-order valence-corrected chi connectivity index (χ3v) is 6.29. The Morgan fingerprint density at radius 1 is 1.09 bits per heavy atom. The number of carbonyl (C=O) groups is 1.